The molecule has 0 aliphatic carbocycles. The van der Waals surface area contributed by atoms with Crippen molar-refractivity contribution >= 4 is 17.7 Å². The molecule has 0 radical (unpaired) electrons. The minimum atomic E-state index is -0.249. The zero-order valence-electron chi connectivity index (χ0n) is 16.1. The fourth-order valence-corrected chi connectivity index (χ4v) is 3.69. The summed E-state index contributed by atoms with van der Waals surface area (Å²) in [5, 5.41) is 10.2. The van der Waals surface area contributed by atoms with Crippen LogP contribution in [0.3, 0.4) is 0 Å². The Balaban J connectivity index is 1.35. The van der Waals surface area contributed by atoms with Gasteiger partial charge in [0.1, 0.15) is 5.69 Å². The fraction of sp³-hybridized carbons (Fsp3) is 0.400. The minimum Gasteiger partial charge on any atom is -0.354 e. The lowest BCUT2D eigenvalue weighted by molar-refractivity contribution is 0.702. The zero-order valence-corrected chi connectivity index (χ0v) is 16.9. The molecule has 0 fully saturated rings. The lowest BCUT2D eigenvalue weighted by Gasteiger charge is -2.06. The Labute approximate surface area is 168 Å². The van der Waals surface area contributed by atoms with E-state index in [1.165, 1.54) is 5.56 Å². The first-order valence-electron chi connectivity index (χ1n) is 9.52. The monoisotopic (exact) mass is 398 g/mol. The molecule has 2 heterocycles. The smallest absolute Gasteiger partial charge is 0.296 e. The molecule has 148 valence electrons. The number of thioether (sulfide) groups is 1. The summed E-state index contributed by atoms with van der Waals surface area (Å²) >= 11 is 1.78. The highest BCUT2D eigenvalue weighted by molar-refractivity contribution is 7.98. The Morgan fingerprint density at radius 3 is 2.68 bits per heavy atom. The third kappa shape index (κ3) is 6.23. The summed E-state index contributed by atoms with van der Waals surface area (Å²) in [5.41, 5.74) is 3.76. The number of aromatic amines is 2. The van der Waals surface area contributed by atoms with E-state index in [0.717, 1.165) is 42.2 Å². The summed E-state index contributed by atoms with van der Waals surface area (Å²) in [6.45, 7) is 2.72. The first-order chi connectivity index (χ1) is 13.7. The van der Waals surface area contributed by atoms with Gasteiger partial charge in [-0.25, -0.2) is 10.1 Å². The van der Waals surface area contributed by atoms with Crippen molar-refractivity contribution in [2.24, 2.45) is 0 Å². The largest absolute Gasteiger partial charge is 0.354 e. The van der Waals surface area contributed by atoms with Crippen molar-refractivity contribution in [3.8, 4) is 0 Å². The molecule has 0 aliphatic rings. The SMILES string of the molecule is Cc1[nH]cnc1CSCCNc1nc(=O)c(CCCCc2ccccc2)n[nH]1. The maximum absolute atomic E-state index is 12.1. The molecule has 1 aromatic carbocycles. The van der Waals surface area contributed by atoms with Gasteiger partial charge in [-0.3, -0.25) is 4.79 Å². The Kier molecular flexibility index (Phi) is 7.66. The second kappa shape index (κ2) is 10.7. The highest BCUT2D eigenvalue weighted by atomic mass is 32.2. The molecule has 3 N–H and O–H groups in total. The molecule has 0 unspecified atom stereocenters. The maximum Gasteiger partial charge on any atom is 0.296 e. The molecule has 0 aliphatic heterocycles. The molecule has 3 aromatic rings. The molecular weight excluding hydrogens is 372 g/mol. The highest BCUT2D eigenvalue weighted by Crippen LogP contribution is 2.12. The van der Waals surface area contributed by atoms with E-state index in [4.69, 9.17) is 0 Å². The summed E-state index contributed by atoms with van der Waals surface area (Å²) in [7, 11) is 0. The van der Waals surface area contributed by atoms with Gasteiger partial charge in [-0.2, -0.15) is 21.8 Å². The Hall–Kier alpha value is -2.61. The zero-order chi connectivity index (χ0) is 19.6. The quantitative estimate of drug-likeness (QED) is 0.429. The van der Waals surface area contributed by atoms with E-state index in [1.807, 2.05) is 25.1 Å². The lowest BCUT2D eigenvalue weighted by Crippen LogP contribution is -2.20. The van der Waals surface area contributed by atoms with Crippen molar-refractivity contribution < 1.29 is 0 Å². The standard InChI is InChI=1S/C20H26N6OS/c1-15-18(23-14-22-15)13-28-12-11-21-20-24-19(27)17(25-26-20)10-6-5-9-16-7-3-2-4-8-16/h2-4,7-8,14H,5-6,9-13H2,1H3,(H,22,23)(H2,21,24,26,27). The van der Waals surface area contributed by atoms with Crippen molar-refractivity contribution in [1.29, 1.82) is 0 Å². The number of hydrogen-bond donors (Lipinski definition) is 3. The molecule has 0 amide bonds. The number of nitrogens with one attached hydrogen (secondary N) is 3. The van der Waals surface area contributed by atoms with Gasteiger partial charge in [0.05, 0.1) is 12.0 Å². The van der Waals surface area contributed by atoms with Gasteiger partial charge in [0.15, 0.2) is 0 Å². The van der Waals surface area contributed by atoms with Crippen LogP contribution in [0, 0.1) is 6.92 Å². The topological polar surface area (TPSA) is 99.3 Å². The van der Waals surface area contributed by atoms with Crippen LogP contribution in [0.1, 0.15) is 35.5 Å². The van der Waals surface area contributed by atoms with E-state index in [9.17, 15) is 4.79 Å². The predicted octanol–water partition coefficient (Wildman–Crippen LogP) is 3.11. The summed E-state index contributed by atoms with van der Waals surface area (Å²) in [5.74, 6) is 2.17. The van der Waals surface area contributed by atoms with Crippen molar-refractivity contribution in [3.05, 3.63) is 69.7 Å². The second-order valence-electron chi connectivity index (χ2n) is 6.58. The average Bonchev–Trinajstić information content (AvgIpc) is 3.12. The fourth-order valence-electron chi connectivity index (χ4n) is 2.81. The number of imidazole rings is 1. The number of benzene rings is 1. The van der Waals surface area contributed by atoms with Crippen LogP contribution in [0.15, 0.2) is 41.5 Å². The van der Waals surface area contributed by atoms with E-state index in [-0.39, 0.29) is 5.56 Å². The molecular formula is C20H26N6OS. The minimum absolute atomic E-state index is 0.249. The first kappa shape index (κ1) is 20.1. The molecule has 0 saturated heterocycles. The van der Waals surface area contributed by atoms with Crippen LogP contribution < -0.4 is 10.9 Å². The normalized spacial score (nSPS) is 10.9. The van der Waals surface area contributed by atoms with Crippen LogP contribution in [0.5, 0.6) is 0 Å². The van der Waals surface area contributed by atoms with Gasteiger partial charge < -0.3 is 10.3 Å². The van der Waals surface area contributed by atoms with Crippen LogP contribution >= 0.6 is 11.8 Å². The molecule has 0 atom stereocenters. The summed E-state index contributed by atoms with van der Waals surface area (Å²) in [6.07, 6.45) is 5.32. The molecule has 8 heteroatoms. The van der Waals surface area contributed by atoms with E-state index >= 15 is 0 Å². The Morgan fingerprint density at radius 1 is 1.11 bits per heavy atom. The van der Waals surface area contributed by atoms with Gasteiger partial charge in [-0.05, 0) is 38.2 Å². The highest BCUT2D eigenvalue weighted by Gasteiger charge is 2.05. The molecule has 7 nitrogen and oxygen atoms in total. The van der Waals surface area contributed by atoms with Gasteiger partial charge in [0.2, 0.25) is 5.95 Å². The van der Waals surface area contributed by atoms with E-state index in [2.05, 4.69) is 42.6 Å². The second-order valence-corrected chi connectivity index (χ2v) is 7.69. The van der Waals surface area contributed by atoms with E-state index in [1.54, 1.807) is 18.1 Å². The predicted molar refractivity (Wildman–Crippen MR) is 114 cm³/mol. The molecule has 0 spiro atoms. The van der Waals surface area contributed by atoms with Gasteiger partial charge in [-0.15, -0.1) is 0 Å². The number of hydrogen-bond acceptors (Lipinski definition) is 6. The number of rotatable bonds is 11. The third-order valence-corrected chi connectivity index (χ3v) is 5.41. The number of aryl methyl sites for hydroxylation is 3. The van der Waals surface area contributed by atoms with Crippen molar-refractivity contribution in [2.45, 2.75) is 38.4 Å². The summed E-state index contributed by atoms with van der Waals surface area (Å²) in [4.78, 5) is 23.5. The number of H-pyrrole nitrogens is 2. The van der Waals surface area contributed by atoms with Gasteiger partial charge in [-0.1, -0.05) is 30.3 Å². The summed E-state index contributed by atoms with van der Waals surface area (Å²) in [6, 6.07) is 10.4. The van der Waals surface area contributed by atoms with E-state index < -0.39 is 0 Å². The molecule has 3 rings (SSSR count). The molecule has 28 heavy (non-hydrogen) atoms. The van der Waals surface area contributed by atoms with Crippen molar-refractivity contribution in [3.63, 3.8) is 0 Å². The average molecular weight is 399 g/mol. The van der Waals surface area contributed by atoms with Crippen molar-refractivity contribution in [2.75, 3.05) is 17.6 Å². The van der Waals surface area contributed by atoms with Gasteiger partial charge in [0.25, 0.3) is 5.56 Å². The van der Waals surface area contributed by atoms with Gasteiger partial charge >= 0.3 is 0 Å². The first-order valence-corrected chi connectivity index (χ1v) is 10.7. The van der Waals surface area contributed by atoms with Crippen LogP contribution in [0.25, 0.3) is 0 Å². The maximum atomic E-state index is 12.1. The molecule has 2 aromatic heterocycles. The number of unbranched alkanes of at least 4 members (excludes halogenated alkanes) is 1. The third-order valence-electron chi connectivity index (χ3n) is 4.44. The Bertz CT molecular complexity index is 908. The Morgan fingerprint density at radius 2 is 1.93 bits per heavy atom. The summed E-state index contributed by atoms with van der Waals surface area (Å²) < 4.78 is 0. The number of nitrogens with zero attached hydrogens (tertiary/aromatic N) is 3. The molecule has 0 bridgehead atoms. The number of aromatic nitrogens is 5. The lowest BCUT2D eigenvalue weighted by atomic mass is 10.1. The van der Waals surface area contributed by atoms with Crippen LogP contribution in [-0.2, 0) is 18.6 Å². The van der Waals surface area contributed by atoms with Crippen LogP contribution in [0.4, 0.5) is 5.95 Å². The van der Waals surface area contributed by atoms with Gasteiger partial charge in [0, 0.05) is 23.7 Å². The number of anilines is 1. The molecule has 0 saturated carbocycles. The van der Waals surface area contributed by atoms with Crippen molar-refractivity contribution in [1.82, 2.24) is 25.1 Å². The van der Waals surface area contributed by atoms with Crippen LogP contribution in [-0.4, -0.2) is 37.4 Å². The van der Waals surface area contributed by atoms with Crippen LogP contribution in [0.2, 0.25) is 0 Å². The van der Waals surface area contributed by atoms with E-state index in [0.29, 0.717) is 24.6 Å².